The summed E-state index contributed by atoms with van der Waals surface area (Å²) in [5.41, 5.74) is 7.29. The molecule has 2 N–H and O–H groups in total. The number of benzene rings is 1. The lowest BCUT2D eigenvalue weighted by Crippen LogP contribution is -2.46. The molecule has 0 aliphatic carbocycles. The molecule has 4 nitrogen and oxygen atoms in total. The van der Waals surface area contributed by atoms with Gasteiger partial charge in [0.25, 0.3) is 0 Å². The minimum atomic E-state index is -0.188. The number of nitrogens with zero attached hydrogens (tertiary/aromatic N) is 3. The number of nitrogens with two attached hydrogens (primary N) is 1. The second kappa shape index (κ2) is 5.99. The predicted molar refractivity (Wildman–Crippen MR) is 85.5 cm³/mol. The van der Waals surface area contributed by atoms with Crippen molar-refractivity contribution in [1.29, 1.82) is 0 Å². The molecule has 2 heterocycles. The summed E-state index contributed by atoms with van der Waals surface area (Å²) in [5, 5.41) is 3.02. The molecule has 0 bridgehead atoms. The van der Waals surface area contributed by atoms with Crippen LogP contribution in [0.1, 0.15) is 18.5 Å². The molecule has 6 heteroatoms. The van der Waals surface area contributed by atoms with Gasteiger partial charge < -0.3 is 15.5 Å². The molecule has 0 spiro atoms. The van der Waals surface area contributed by atoms with Crippen molar-refractivity contribution >= 4 is 22.2 Å². The van der Waals surface area contributed by atoms with Gasteiger partial charge in [0.05, 0.1) is 5.69 Å². The second-order valence-electron chi connectivity index (χ2n) is 5.29. The molecular formula is C15H19FN4S. The van der Waals surface area contributed by atoms with E-state index in [1.54, 1.807) is 17.4 Å². The molecule has 1 saturated heterocycles. The van der Waals surface area contributed by atoms with Crippen molar-refractivity contribution in [3.05, 3.63) is 41.2 Å². The van der Waals surface area contributed by atoms with Crippen LogP contribution in [0.25, 0.3) is 0 Å². The zero-order valence-electron chi connectivity index (χ0n) is 12.0. The number of thiazole rings is 1. The van der Waals surface area contributed by atoms with Crippen molar-refractivity contribution < 1.29 is 4.39 Å². The fourth-order valence-corrected chi connectivity index (χ4v) is 3.27. The number of hydrogen-bond acceptors (Lipinski definition) is 5. The first-order chi connectivity index (χ1) is 10.1. The van der Waals surface area contributed by atoms with E-state index in [0.717, 1.165) is 36.9 Å². The maximum atomic E-state index is 14.2. The molecule has 1 atom stereocenters. The Labute approximate surface area is 128 Å². The third-order valence-electron chi connectivity index (χ3n) is 3.81. The Morgan fingerprint density at radius 3 is 2.52 bits per heavy atom. The molecule has 3 rings (SSSR count). The minimum absolute atomic E-state index is 0.143. The third kappa shape index (κ3) is 3.01. The van der Waals surface area contributed by atoms with Crippen molar-refractivity contribution in [1.82, 2.24) is 4.98 Å². The van der Waals surface area contributed by atoms with Crippen LogP contribution in [0.15, 0.2) is 29.8 Å². The lowest BCUT2D eigenvalue weighted by atomic mass is 10.1. The lowest BCUT2D eigenvalue weighted by molar-refractivity contribution is 0.594. The van der Waals surface area contributed by atoms with E-state index < -0.39 is 0 Å². The van der Waals surface area contributed by atoms with E-state index in [4.69, 9.17) is 5.73 Å². The highest BCUT2D eigenvalue weighted by Gasteiger charge is 2.21. The van der Waals surface area contributed by atoms with E-state index in [2.05, 4.69) is 14.8 Å². The zero-order chi connectivity index (χ0) is 14.8. The van der Waals surface area contributed by atoms with E-state index in [1.165, 1.54) is 0 Å². The lowest BCUT2D eigenvalue weighted by Gasteiger charge is -2.36. The number of hydrogen-bond donors (Lipinski definition) is 1. The highest BCUT2D eigenvalue weighted by molar-refractivity contribution is 7.13. The van der Waals surface area contributed by atoms with Crippen LogP contribution in [0.2, 0.25) is 0 Å². The number of piperazine rings is 1. The van der Waals surface area contributed by atoms with Gasteiger partial charge in [0, 0.05) is 43.8 Å². The van der Waals surface area contributed by atoms with Gasteiger partial charge in [-0.05, 0) is 24.6 Å². The maximum absolute atomic E-state index is 14.2. The highest BCUT2D eigenvalue weighted by Crippen LogP contribution is 2.25. The molecule has 1 aromatic heterocycles. The van der Waals surface area contributed by atoms with Crippen LogP contribution in [0, 0.1) is 5.82 Å². The molecule has 0 radical (unpaired) electrons. The van der Waals surface area contributed by atoms with E-state index in [0.29, 0.717) is 5.69 Å². The van der Waals surface area contributed by atoms with Crippen LogP contribution in [-0.4, -0.2) is 31.2 Å². The molecule has 2 aromatic rings. The van der Waals surface area contributed by atoms with Crippen molar-refractivity contribution in [3.63, 3.8) is 0 Å². The summed E-state index contributed by atoms with van der Waals surface area (Å²) < 4.78 is 14.2. The average molecular weight is 306 g/mol. The second-order valence-corrected chi connectivity index (χ2v) is 6.16. The zero-order valence-corrected chi connectivity index (χ0v) is 12.8. The first-order valence-corrected chi connectivity index (χ1v) is 7.97. The molecule has 21 heavy (non-hydrogen) atoms. The van der Waals surface area contributed by atoms with Gasteiger partial charge in [-0.1, -0.05) is 6.07 Å². The van der Waals surface area contributed by atoms with Gasteiger partial charge in [-0.3, -0.25) is 0 Å². The van der Waals surface area contributed by atoms with Crippen LogP contribution in [0.4, 0.5) is 15.2 Å². The molecule has 1 fully saturated rings. The van der Waals surface area contributed by atoms with Gasteiger partial charge in [-0.15, -0.1) is 11.3 Å². The fourth-order valence-electron chi connectivity index (χ4n) is 2.57. The van der Waals surface area contributed by atoms with E-state index in [9.17, 15) is 4.39 Å². The Kier molecular flexibility index (Phi) is 4.07. The molecular weight excluding hydrogens is 287 g/mol. The van der Waals surface area contributed by atoms with Crippen LogP contribution in [0.3, 0.4) is 0 Å². The Morgan fingerprint density at radius 1 is 1.24 bits per heavy atom. The average Bonchev–Trinajstić information content (AvgIpc) is 3.01. The molecule has 1 aliphatic heterocycles. The van der Waals surface area contributed by atoms with Crippen molar-refractivity contribution in [2.24, 2.45) is 5.73 Å². The number of aromatic nitrogens is 1. The normalized spacial score (nSPS) is 17.1. The van der Waals surface area contributed by atoms with Crippen LogP contribution < -0.4 is 15.5 Å². The number of anilines is 2. The Hall–Kier alpha value is -1.66. The summed E-state index contributed by atoms with van der Waals surface area (Å²) in [5.74, 6) is -0.188. The van der Waals surface area contributed by atoms with Gasteiger partial charge in [0.15, 0.2) is 5.13 Å². The fraction of sp³-hybridized carbons (Fsp3) is 0.400. The van der Waals surface area contributed by atoms with E-state index in [-0.39, 0.29) is 11.9 Å². The van der Waals surface area contributed by atoms with E-state index >= 15 is 0 Å². The molecule has 1 aromatic carbocycles. The summed E-state index contributed by atoms with van der Waals surface area (Å²) >= 11 is 1.64. The third-order valence-corrected chi connectivity index (χ3v) is 4.64. The summed E-state index contributed by atoms with van der Waals surface area (Å²) in [6, 6.07) is 5.16. The topological polar surface area (TPSA) is 45.4 Å². The quantitative estimate of drug-likeness (QED) is 0.947. The van der Waals surface area contributed by atoms with Gasteiger partial charge >= 0.3 is 0 Å². The van der Waals surface area contributed by atoms with Crippen molar-refractivity contribution in [3.8, 4) is 0 Å². The predicted octanol–water partition coefficient (Wildman–Crippen LogP) is 2.63. The highest BCUT2D eigenvalue weighted by atomic mass is 32.1. The SMILES string of the molecule is CC(N)c1ccc(N2CCN(c3nccs3)CC2)c(F)c1. The summed E-state index contributed by atoms with van der Waals surface area (Å²) in [6.45, 7) is 5.19. The van der Waals surface area contributed by atoms with Crippen molar-refractivity contribution in [2.75, 3.05) is 36.0 Å². The summed E-state index contributed by atoms with van der Waals surface area (Å²) in [7, 11) is 0. The molecule has 0 amide bonds. The standard InChI is InChI=1S/C15H19FN4S/c1-11(17)12-2-3-14(13(16)10-12)19-5-7-20(8-6-19)15-18-4-9-21-15/h2-4,9-11H,5-8,17H2,1H3. The summed E-state index contributed by atoms with van der Waals surface area (Å²) in [4.78, 5) is 8.66. The minimum Gasteiger partial charge on any atom is -0.366 e. The van der Waals surface area contributed by atoms with Crippen LogP contribution in [-0.2, 0) is 0 Å². The molecule has 0 saturated carbocycles. The largest absolute Gasteiger partial charge is 0.366 e. The Morgan fingerprint density at radius 2 is 1.95 bits per heavy atom. The Bertz CT molecular complexity index is 592. The van der Waals surface area contributed by atoms with Gasteiger partial charge in [-0.2, -0.15) is 0 Å². The molecule has 1 aliphatic rings. The molecule has 1 unspecified atom stereocenters. The monoisotopic (exact) mass is 306 g/mol. The van der Waals surface area contributed by atoms with Gasteiger partial charge in [0.2, 0.25) is 0 Å². The smallest absolute Gasteiger partial charge is 0.185 e. The number of rotatable bonds is 3. The van der Waals surface area contributed by atoms with Crippen LogP contribution >= 0.6 is 11.3 Å². The summed E-state index contributed by atoms with van der Waals surface area (Å²) in [6.07, 6.45) is 1.82. The van der Waals surface area contributed by atoms with Gasteiger partial charge in [-0.25, -0.2) is 9.37 Å². The van der Waals surface area contributed by atoms with Gasteiger partial charge in [0.1, 0.15) is 5.82 Å². The number of halogens is 1. The van der Waals surface area contributed by atoms with Crippen LogP contribution in [0.5, 0.6) is 0 Å². The van der Waals surface area contributed by atoms with E-state index in [1.807, 2.05) is 30.6 Å². The first kappa shape index (κ1) is 14.3. The van der Waals surface area contributed by atoms with Crippen molar-refractivity contribution in [2.45, 2.75) is 13.0 Å². The molecule has 112 valence electrons. The Balaban J connectivity index is 1.69. The maximum Gasteiger partial charge on any atom is 0.185 e. The first-order valence-electron chi connectivity index (χ1n) is 7.09.